The molecule has 1 aromatic heterocycles. The van der Waals surface area contributed by atoms with Crippen LogP contribution in [-0.2, 0) is 16.1 Å². The Morgan fingerprint density at radius 3 is 2.37 bits per heavy atom. The number of hydrogen-bond acceptors (Lipinski definition) is 3. The lowest BCUT2D eigenvalue weighted by Crippen LogP contribution is -2.50. The minimum Gasteiger partial charge on any atom is -0.480 e. The van der Waals surface area contributed by atoms with Crippen molar-refractivity contribution in [2.45, 2.75) is 47.2 Å². The van der Waals surface area contributed by atoms with Crippen LogP contribution in [0.3, 0.4) is 0 Å². The topological polar surface area (TPSA) is 84.2 Å². The first-order chi connectivity index (χ1) is 8.61. The number of amides is 1. The lowest BCUT2D eigenvalue weighted by Gasteiger charge is -2.27. The van der Waals surface area contributed by atoms with Crippen molar-refractivity contribution in [3.8, 4) is 0 Å². The van der Waals surface area contributed by atoms with Gasteiger partial charge in [0.25, 0.3) is 0 Å². The molecule has 0 unspecified atom stereocenters. The molecule has 0 saturated carbocycles. The average Bonchev–Trinajstić information content (AvgIpc) is 2.52. The van der Waals surface area contributed by atoms with Gasteiger partial charge in [0, 0.05) is 5.69 Å². The van der Waals surface area contributed by atoms with E-state index < -0.39 is 17.4 Å². The molecule has 6 heteroatoms. The standard InChI is InChI=1S/C13H21N3O3/c1-8-6-9(2)16(15-8)7-10(17)14-11(12(18)19)13(3,4)5/h6,11H,7H2,1-5H3,(H,14,17)(H,18,19)/t11-/m1/s1. The van der Waals surface area contributed by atoms with E-state index in [1.807, 2.05) is 19.9 Å². The van der Waals surface area contributed by atoms with Crippen LogP contribution in [-0.4, -0.2) is 32.8 Å². The molecule has 19 heavy (non-hydrogen) atoms. The predicted octanol–water partition coefficient (Wildman–Crippen LogP) is 1.12. The highest BCUT2D eigenvalue weighted by Gasteiger charge is 2.32. The van der Waals surface area contributed by atoms with E-state index in [0.29, 0.717) is 0 Å². The largest absolute Gasteiger partial charge is 0.480 e. The number of rotatable bonds is 4. The highest BCUT2D eigenvalue weighted by molar-refractivity contribution is 5.84. The highest BCUT2D eigenvalue weighted by Crippen LogP contribution is 2.19. The predicted molar refractivity (Wildman–Crippen MR) is 70.7 cm³/mol. The van der Waals surface area contributed by atoms with Gasteiger partial charge in [0.1, 0.15) is 12.6 Å². The van der Waals surface area contributed by atoms with Crippen LogP contribution >= 0.6 is 0 Å². The van der Waals surface area contributed by atoms with Crippen molar-refractivity contribution < 1.29 is 14.7 Å². The van der Waals surface area contributed by atoms with E-state index in [2.05, 4.69) is 10.4 Å². The van der Waals surface area contributed by atoms with Crippen LogP contribution < -0.4 is 5.32 Å². The maximum Gasteiger partial charge on any atom is 0.326 e. The molecule has 1 rings (SSSR count). The number of carbonyl (C=O) groups is 2. The smallest absolute Gasteiger partial charge is 0.326 e. The summed E-state index contributed by atoms with van der Waals surface area (Å²) in [6.07, 6.45) is 0. The fourth-order valence-electron chi connectivity index (χ4n) is 1.83. The summed E-state index contributed by atoms with van der Waals surface area (Å²) >= 11 is 0. The summed E-state index contributed by atoms with van der Waals surface area (Å²) in [6.45, 7) is 9.04. The summed E-state index contributed by atoms with van der Waals surface area (Å²) in [5.74, 6) is -1.39. The lowest BCUT2D eigenvalue weighted by atomic mass is 9.87. The van der Waals surface area contributed by atoms with Gasteiger partial charge in [-0.3, -0.25) is 9.48 Å². The number of carbonyl (C=O) groups excluding carboxylic acids is 1. The third-order valence-corrected chi connectivity index (χ3v) is 2.82. The van der Waals surface area contributed by atoms with E-state index >= 15 is 0 Å². The van der Waals surface area contributed by atoms with Crippen molar-refractivity contribution in [1.82, 2.24) is 15.1 Å². The summed E-state index contributed by atoms with van der Waals surface area (Å²) in [4.78, 5) is 23.1. The maximum absolute atomic E-state index is 11.9. The van der Waals surface area contributed by atoms with Gasteiger partial charge in [0.15, 0.2) is 0 Å². The van der Waals surface area contributed by atoms with Crippen molar-refractivity contribution in [2.75, 3.05) is 0 Å². The fraction of sp³-hybridized carbons (Fsp3) is 0.615. The second kappa shape index (κ2) is 5.42. The van der Waals surface area contributed by atoms with Crippen molar-refractivity contribution in [1.29, 1.82) is 0 Å². The number of aryl methyl sites for hydroxylation is 2. The molecule has 1 aromatic rings. The molecule has 0 bridgehead atoms. The molecule has 2 N–H and O–H groups in total. The fourth-order valence-corrected chi connectivity index (χ4v) is 1.83. The van der Waals surface area contributed by atoms with Crippen LogP contribution in [0.2, 0.25) is 0 Å². The van der Waals surface area contributed by atoms with E-state index in [4.69, 9.17) is 5.11 Å². The van der Waals surface area contributed by atoms with Gasteiger partial charge in [-0.05, 0) is 25.3 Å². The first-order valence-corrected chi connectivity index (χ1v) is 6.14. The second-order valence-corrected chi connectivity index (χ2v) is 5.79. The van der Waals surface area contributed by atoms with Crippen LogP contribution in [0.5, 0.6) is 0 Å². The Hall–Kier alpha value is -1.85. The van der Waals surface area contributed by atoms with Crippen molar-refractivity contribution >= 4 is 11.9 Å². The molecule has 0 aliphatic carbocycles. The average molecular weight is 267 g/mol. The van der Waals surface area contributed by atoms with Gasteiger partial charge in [-0.25, -0.2) is 4.79 Å². The van der Waals surface area contributed by atoms with Crippen LogP contribution in [0.1, 0.15) is 32.2 Å². The summed E-state index contributed by atoms with van der Waals surface area (Å²) in [5, 5.41) is 15.9. The minimum absolute atomic E-state index is 0.0273. The normalized spacial score (nSPS) is 13.1. The second-order valence-electron chi connectivity index (χ2n) is 5.79. The third kappa shape index (κ3) is 4.08. The highest BCUT2D eigenvalue weighted by atomic mass is 16.4. The van der Waals surface area contributed by atoms with E-state index in [0.717, 1.165) is 11.4 Å². The van der Waals surface area contributed by atoms with Crippen LogP contribution in [0, 0.1) is 19.3 Å². The molecule has 0 radical (unpaired) electrons. The number of carboxylic acid groups (broad SMARTS) is 1. The van der Waals surface area contributed by atoms with Gasteiger partial charge < -0.3 is 10.4 Å². The van der Waals surface area contributed by atoms with Gasteiger partial charge in [-0.2, -0.15) is 5.10 Å². The van der Waals surface area contributed by atoms with Crippen LogP contribution in [0.25, 0.3) is 0 Å². The zero-order valence-corrected chi connectivity index (χ0v) is 12.0. The van der Waals surface area contributed by atoms with Gasteiger partial charge in [-0.15, -0.1) is 0 Å². The molecule has 0 fully saturated rings. The zero-order valence-electron chi connectivity index (χ0n) is 12.0. The first-order valence-electron chi connectivity index (χ1n) is 6.14. The summed E-state index contributed by atoms with van der Waals surface area (Å²) in [5.41, 5.74) is 1.16. The van der Waals surface area contributed by atoms with Gasteiger partial charge in [0.05, 0.1) is 5.69 Å². The first kappa shape index (κ1) is 15.2. The monoisotopic (exact) mass is 267 g/mol. The van der Waals surface area contributed by atoms with Gasteiger partial charge >= 0.3 is 5.97 Å². The van der Waals surface area contributed by atoms with Crippen molar-refractivity contribution in [2.24, 2.45) is 5.41 Å². The Morgan fingerprint density at radius 1 is 1.42 bits per heavy atom. The molecule has 1 amide bonds. The minimum atomic E-state index is -1.03. The molecule has 0 aliphatic rings. The lowest BCUT2D eigenvalue weighted by molar-refractivity contribution is -0.145. The Balaban J connectivity index is 2.74. The number of nitrogens with zero attached hydrogens (tertiary/aromatic N) is 2. The van der Waals surface area contributed by atoms with E-state index in [1.54, 1.807) is 25.5 Å². The molecule has 0 saturated heterocycles. The molecular formula is C13H21N3O3. The quantitative estimate of drug-likeness (QED) is 0.856. The Bertz CT molecular complexity index is 486. The van der Waals surface area contributed by atoms with Crippen LogP contribution in [0.4, 0.5) is 0 Å². The summed E-state index contributed by atoms with van der Waals surface area (Å²) < 4.78 is 1.56. The molecule has 0 aromatic carbocycles. The van der Waals surface area contributed by atoms with E-state index in [9.17, 15) is 9.59 Å². The third-order valence-electron chi connectivity index (χ3n) is 2.82. The number of carboxylic acids is 1. The molecule has 0 spiro atoms. The zero-order chi connectivity index (χ0) is 14.8. The molecule has 1 atom stereocenters. The number of aromatic nitrogens is 2. The SMILES string of the molecule is Cc1cc(C)n(CC(=O)N[C@H](C(=O)O)C(C)(C)C)n1. The van der Waals surface area contributed by atoms with Crippen molar-refractivity contribution in [3.05, 3.63) is 17.5 Å². The Labute approximate surface area is 112 Å². The molecule has 0 aliphatic heterocycles. The van der Waals surface area contributed by atoms with Gasteiger partial charge in [-0.1, -0.05) is 20.8 Å². The van der Waals surface area contributed by atoms with Gasteiger partial charge in [0.2, 0.25) is 5.91 Å². The van der Waals surface area contributed by atoms with E-state index in [-0.39, 0.29) is 12.5 Å². The number of hydrogen-bond donors (Lipinski definition) is 2. The summed E-state index contributed by atoms with van der Waals surface area (Å²) in [6, 6.07) is 0.947. The Morgan fingerprint density at radius 2 is 2.00 bits per heavy atom. The molecular weight excluding hydrogens is 246 g/mol. The Kier molecular flexibility index (Phi) is 4.34. The molecule has 1 heterocycles. The van der Waals surface area contributed by atoms with Crippen molar-refractivity contribution in [3.63, 3.8) is 0 Å². The molecule has 6 nitrogen and oxygen atoms in total. The van der Waals surface area contributed by atoms with Crippen LogP contribution in [0.15, 0.2) is 6.07 Å². The summed E-state index contributed by atoms with van der Waals surface area (Å²) in [7, 11) is 0. The van der Waals surface area contributed by atoms with E-state index in [1.165, 1.54) is 0 Å². The number of aliphatic carboxylic acids is 1. The molecule has 106 valence electrons. The number of nitrogens with one attached hydrogen (secondary N) is 1. The maximum atomic E-state index is 11.9.